The van der Waals surface area contributed by atoms with E-state index in [0.29, 0.717) is 12.3 Å². The molecule has 5 heteroatoms. The summed E-state index contributed by atoms with van der Waals surface area (Å²) in [5, 5.41) is 12.9. The number of hydrogen-bond acceptors (Lipinski definition) is 4. The monoisotopic (exact) mass is 272 g/mol. The molecule has 104 valence electrons. The number of carboxylic acids is 1. The number of rotatable bonds is 4. The summed E-state index contributed by atoms with van der Waals surface area (Å²) in [5.41, 5.74) is 3.13. The van der Waals surface area contributed by atoms with Crippen molar-refractivity contribution < 1.29 is 14.4 Å². The molecule has 20 heavy (non-hydrogen) atoms. The Labute approximate surface area is 116 Å². The van der Waals surface area contributed by atoms with Crippen LogP contribution in [0.25, 0.3) is 0 Å². The SMILES string of the molecule is O=C(O)Cc1onc2c1CCN(Cc1ccccc1)C2. The van der Waals surface area contributed by atoms with Crippen molar-refractivity contribution >= 4 is 5.97 Å². The van der Waals surface area contributed by atoms with E-state index in [-0.39, 0.29) is 6.42 Å². The lowest BCUT2D eigenvalue weighted by atomic mass is 10.0. The molecule has 0 amide bonds. The van der Waals surface area contributed by atoms with Crippen molar-refractivity contribution in [3.63, 3.8) is 0 Å². The van der Waals surface area contributed by atoms with Gasteiger partial charge in [-0.2, -0.15) is 0 Å². The molecule has 2 heterocycles. The van der Waals surface area contributed by atoms with Gasteiger partial charge in [-0.15, -0.1) is 0 Å². The molecule has 0 bridgehead atoms. The molecule has 1 aliphatic heterocycles. The van der Waals surface area contributed by atoms with Gasteiger partial charge in [0, 0.05) is 25.2 Å². The molecule has 0 spiro atoms. The fourth-order valence-corrected chi connectivity index (χ4v) is 2.60. The van der Waals surface area contributed by atoms with Gasteiger partial charge in [0.15, 0.2) is 5.76 Å². The molecular weight excluding hydrogens is 256 g/mol. The summed E-state index contributed by atoms with van der Waals surface area (Å²) in [6.45, 7) is 2.49. The number of nitrogens with zero attached hydrogens (tertiary/aromatic N) is 2. The molecule has 0 aliphatic carbocycles. The van der Waals surface area contributed by atoms with E-state index in [1.54, 1.807) is 0 Å². The molecule has 0 radical (unpaired) electrons. The van der Waals surface area contributed by atoms with Crippen LogP contribution in [0.15, 0.2) is 34.9 Å². The van der Waals surface area contributed by atoms with Crippen molar-refractivity contribution in [2.45, 2.75) is 25.9 Å². The number of aliphatic carboxylic acids is 1. The van der Waals surface area contributed by atoms with Crippen molar-refractivity contribution in [2.75, 3.05) is 6.54 Å². The van der Waals surface area contributed by atoms with E-state index >= 15 is 0 Å². The van der Waals surface area contributed by atoms with Gasteiger partial charge in [0.05, 0.1) is 0 Å². The maximum Gasteiger partial charge on any atom is 0.311 e. The third-order valence-electron chi connectivity index (χ3n) is 3.56. The molecule has 5 nitrogen and oxygen atoms in total. The molecule has 0 unspecified atom stereocenters. The molecule has 1 aromatic carbocycles. The zero-order valence-corrected chi connectivity index (χ0v) is 11.1. The lowest BCUT2D eigenvalue weighted by molar-refractivity contribution is -0.136. The first-order chi connectivity index (χ1) is 9.72. The number of carboxylic acid groups (broad SMARTS) is 1. The van der Waals surface area contributed by atoms with Gasteiger partial charge < -0.3 is 9.63 Å². The number of benzene rings is 1. The minimum atomic E-state index is -0.879. The summed E-state index contributed by atoms with van der Waals surface area (Å²) in [6, 6.07) is 10.3. The van der Waals surface area contributed by atoms with Crippen molar-refractivity contribution in [1.29, 1.82) is 0 Å². The van der Waals surface area contributed by atoms with Crippen LogP contribution in [0.5, 0.6) is 0 Å². The number of carbonyl (C=O) groups is 1. The molecule has 1 aromatic heterocycles. The molecule has 1 aliphatic rings. The minimum Gasteiger partial charge on any atom is -0.481 e. The zero-order chi connectivity index (χ0) is 13.9. The summed E-state index contributed by atoms with van der Waals surface area (Å²) in [5.74, 6) is -0.373. The van der Waals surface area contributed by atoms with Crippen LogP contribution in [0.2, 0.25) is 0 Å². The van der Waals surface area contributed by atoms with E-state index in [4.69, 9.17) is 9.63 Å². The van der Waals surface area contributed by atoms with Crippen LogP contribution in [0, 0.1) is 0 Å². The second-order valence-corrected chi connectivity index (χ2v) is 5.05. The Kier molecular flexibility index (Phi) is 3.52. The fraction of sp³-hybridized carbons (Fsp3) is 0.333. The average Bonchev–Trinajstić information content (AvgIpc) is 2.82. The topological polar surface area (TPSA) is 66.6 Å². The Morgan fingerprint density at radius 3 is 2.90 bits per heavy atom. The standard InChI is InChI=1S/C15H16N2O3/c18-15(19)8-14-12-6-7-17(10-13(12)16-20-14)9-11-4-2-1-3-5-11/h1-5H,6-10H2,(H,18,19). The second-order valence-electron chi connectivity index (χ2n) is 5.05. The Hall–Kier alpha value is -2.14. The lowest BCUT2D eigenvalue weighted by Gasteiger charge is -2.25. The Balaban J connectivity index is 1.70. The zero-order valence-electron chi connectivity index (χ0n) is 11.1. The fourth-order valence-electron chi connectivity index (χ4n) is 2.60. The van der Waals surface area contributed by atoms with Gasteiger partial charge in [-0.25, -0.2) is 0 Å². The van der Waals surface area contributed by atoms with E-state index in [1.165, 1.54) is 5.56 Å². The quantitative estimate of drug-likeness (QED) is 0.920. The minimum absolute atomic E-state index is 0.0823. The predicted molar refractivity (Wildman–Crippen MR) is 72.1 cm³/mol. The summed E-state index contributed by atoms with van der Waals surface area (Å²) in [7, 11) is 0. The summed E-state index contributed by atoms with van der Waals surface area (Å²) in [4.78, 5) is 13.1. The van der Waals surface area contributed by atoms with Gasteiger partial charge in [-0.1, -0.05) is 35.5 Å². The largest absolute Gasteiger partial charge is 0.481 e. The van der Waals surface area contributed by atoms with Crippen LogP contribution < -0.4 is 0 Å². The third-order valence-corrected chi connectivity index (χ3v) is 3.56. The number of fused-ring (bicyclic) bond motifs is 1. The lowest BCUT2D eigenvalue weighted by Crippen LogP contribution is -2.30. The first-order valence-corrected chi connectivity index (χ1v) is 6.67. The van der Waals surface area contributed by atoms with Gasteiger partial charge in [-0.05, 0) is 12.0 Å². The molecular formula is C15H16N2O3. The molecule has 0 fully saturated rings. The van der Waals surface area contributed by atoms with Crippen molar-refractivity contribution in [3.05, 3.63) is 52.9 Å². The Bertz CT molecular complexity index is 607. The highest BCUT2D eigenvalue weighted by atomic mass is 16.5. The first kappa shape index (κ1) is 12.9. The van der Waals surface area contributed by atoms with E-state index in [2.05, 4.69) is 22.2 Å². The number of aromatic nitrogens is 1. The van der Waals surface area contributed by atoms with Crippen LogP contribution in [0.1, 0.15) is 22.6 Å². The number of hydrogen-bond donors (Lipinski definition) is 1. The highest BCUT2D eigenvalue weighted by Crippen LogP contribution is 2.23. The van der Waals surface area contributed by atoms with E-state index < -0.39 is 5.97 Å². The predicted octanol–water partition coefficient (Wildman–Crippen LogP) is 1.86. The molecule has 2 aromatic rings. The van der Waals surface area contributed by atoms with Gasteiger partial charge in [0.25, 0.3) is 0 Å². The maximum absolute atomic E-state index is 10.8. The maximum atomic E-state index is 10.8. The van der Waals surface area contributed by atoms with Gasteiger partial charge in [0.2, 0.25) is 0 Å². The van der Waals surface area contributed by atoms with Gasteiger partial charge >= 0.3 is 5.97 Å². The third kappa shape index (κ3) is 2.72. The van der Waals surface area contributed by atoms with Crippen molar-refractivity contribution in [2.24, 2.45) is 0 Å². The van der Waals surface area contributed by atoms with E-state index in [1.807, 2.05) is 18.2 Å². The van der Waals surface area contributed by atoms with Crippen LogP contribution in [0.4, 0.5) is 0 Å². The molecule has 3 rings (SSSR count). The van der Waals surface area contributed by atoms with Crippen LogP contribution >= 0.6 is 0 Å². The van der Waals surface area contributed by atoms with E-state index in [0.717, 1.165) is 30.8 Å². The van der Waals surface area contributed by atoms with E-state index in [9.17, 15) is 4.79 Å². The average molecular weight is 272 g/mol. The van der Waals surface area contributed by atoms with Crippen LogP contribution in [-0.2, 0) is 30.7 Å². The summed E-state index contributed by atoms with van der Waals surface area (Å²) >= 11 is 0. The van der Waals surface area contributed by atoms with Crippen molar-refractivity contribution in [3.8, 4) is 0 Å². The Morgan fingerprint density at radius 1 is 1.35 bits per heavy atom. The van der Waals surface area contributed by atoms with Gasteiger partial charge in [-0.3, -0.25) is 9.69 Å². The Morgan fingerprint density at radius 2 is 2.15 bits per heavy atom. The van der Waals surface area contributed by atoms with Gasteiger partial charge in [0.1, 0.15) is 12.1 Å². The van der Waals surface area contributed by atoms with Crippen molar-refractivity contribution in [1.82, 2.24) is 10.1 Å². The second kappa shape index (κ2) is 5.46. The van der Waals surface area contributed by atoms with Crippen LogP contribution in [0.3, 0.4) is 0 Å². The van der Waals surface area contributed by atoms with Crippen LogP contribution in [-0.4, -0.2) is 27.7 Å². The molecule has 0 saturated carbocycles. The summed E-state index contributed by atoms with van der Waals surface area (Å²) in [6.07, 6.45) is 0.718. The highest BCUT2D eigenvalue weighted by Gasteiger charge is 2.24. The molecule has 0 atom stereocenters. The first-order valence-electron chi connectivity index (χ1n) is 6.67. The normalized spacial score (nSPS) is 15.0. The molecule has 1 N–H and O–H groups in total. The molecule has 0 saturated heterocycles. The highest BCUT2D eigenvalue weighted by molar-refractivity contribution is 5.69. The smallest absolute Gasteiger partial charge is 0.311 e. The summed E-state index contributed by atoms with van der Waals surface area (Å²) < 4.78 is 5.17.